The van der Waals surface area contributed by atoms with Gasteiger partial charge in [0.05, 0.1) is 0 Å². The molecule has 6 aromatic carbocycles. The minimum Gasteiger partial charge on any atom is -0.0537 e. The Kier molecular flexibility index (Phi) is 2.10. The Morgan fingerprint density at radius 2 is 0.346 bits per heavy atom. The van der Waals surface area contributed by atoms with Crippen molar-refractivity contribution in [3.05, 3.63) is 84.9 Å². The summed E-state index contributed by atoms with van der Waals surface area (Å²) in [5, 5.41) is 15.6. The molecule has 0 heteroatoms. The Balaban J connectivity index is 1.96. The van der Waals surface area contributed by atoms with Crippen LogP contribution in [0.15, 0.2) is 84.9 Å². The summed E-state index contributed by atoms with van der Waals surface area (Å²) in [5.41, 5.74) is 0. The number of hydrogen-bond donors (Lipinski definition) is 0. The average Bonchev–Trinajstić information content (AvgIpc) is 2.66. The van der Waals surface area contributed by atoms with Crippen LogP contribution in [0.2, 0.25) is 0 Å². The third-order valence-electron chi connectivity index (χ3n) is 5.99. The van der Waals surface area contributed by atoms with Crippen LogP contribution in [0.4, 0.5) is 0 Å². The summed E-state index contributed by atoms with van der Waals surface area (Å²) < 4.78 is 0. The standard InChI is InChI=1S/C26H14/c1-2-16-6-20-10-24-13-23-9-19-5-15(1)17-3-4-18(16)8-22(20)12-26(24)14-25(23)11-21(19)7-17/h1-14H. The summed E-state index contributed by atoms with van der Waals surface area (Å²) >= 11 is 0. The molecule has 0 saturated heterocycles. The van der Waals surface area contributed by atoms with Gasteiger partial charge in [0.25, 0.3) is 0 Å². The third-order valence-corrected chi connectivity index (χ3v) is 5.99. The summed E-state index contributed by atoms with van der Waals surface area (Å²) in [4.78, 5) is 0. The van der Waals surface area contributed by atoms with Gasteiger partial charge in [-0.25, -0.2) is 0 Å². The molecule has 6 rings (SSSR count). The average molecular weight is 326 g/mol. The summed E-state index contributed by atoms with van der Waals surface area (Å²) in [6.45, 7) is 0. The van der Waals surface area contributed by atoms with Crippen LogP contribution in [0.1, 0.15) is 0 Å². The summed E-state index contributed by atoms with van der Waals surface area (Å²) in [6.07, 6.45) is 0. The lowest BCUT2D eigenvalue weighted by molar-refractivity contribution is 1.84. The first-order valence-corrected chi connectivity index (χ1v) is 9.09. The summed E-state index contributed by atoms with van der Waals surface area (Å²) in [7, 11) is 0. The van der Waals surface area contributed by atoms with Crippen molar-refractivity contribution in [3.8, 4) is 0 Å². The molecule has 0 N–H and O–H groups in total. The minimum absolute atomic E-state index is 1.28. The quantitative estimate of drug-likeness (QED) is 0.254. The van der Waals surface area contributed by atoms with Crippen LogP contribution < -0.4 is 0 Å². The Bertz CT molecular complexity index is 1200. The minimum atomic E-state index is 1.28. The fourth-order valence-corrected chi connectivity index (χ4v) is 4.61. The smallest absolute Gasteiger partial charge is 0.0171 e. The van der Waals surface area contributed by atoms with Crippen molar-refractivity contribution < 1.29 is 0 Å². The molecule has 6 aromatic rings. The largest absolute Gasteiger partial charge is 0.0537 e. The maximum atomic E-state index is 2.34. The van der Waals surface area contributed by atoms with E-state index in [1.54, 1.807) is 0 Å². The molecular weight excluding hydrogens is 312 g/mol. The van der Waals surface area contributed by atoms with Crippen LogP contribution in [0, 0.1) is 0 Å². The second kappa shape index (κ2) is 4.23. The fourth-order valence-electron chi connectivity index (χ4n) is 4.61. The van der Waals surface area contributed by atoms with Gasteiger partial charge in [-0.1, -0.05) is 24.3 Å². The predicted molar refractivity (Wildman–Crippen MR) is 114 cm³/mol. The van der Waals surface area contributed by atoms with Crippen LogP contribution in [-0.4, -0.2) is 0 Å². The van der Waals surface area contributed by atoms with E-state index in [4.69, 9.17) is 0 Å². The maximum absolute atomic E-state index is 2.34. The lowest BCUT2D eigenvalue weighted by Crippen LogP contribution is -1.80. The Morgan fingerprint density at radius 3 is 0.538 bits per heavy atom. The molecule has 0 fully saturated rings. The van der Waals surface area contributed by atoms with E-state index < -0.39 is 0 Å². The van der Waals surface area contributed by atoms with Gasteiger partial charge in [0.2, 0.25) is 0 Å². The van der Waals surface area contributed by atoms with Gasteiger partial charge in [-0.2, -0.15) is 0 Å². The highest BCUT2D eigenvalue weighted by Crippen LogP contribution is 2.34. The van der Waals surface area contributed by atoms with Gasteiger partial charge in [-0.15, -0.1) is 0 Å². The molecule has 0 heterocycles. The van der Waals surface area contributed by atoms with E-state index in [1.165, 1.54) is 64.6 Å². The zero-order valence-corrected chi connectivity index (χ0v) is 14.1. The van der Waals surface area contributed by atoms with Gasteiger partial charge in [0.15, 0.2) is 0 Å². The number of hydrogen-bond acceptors (Lipinski definition) is 0. The van der Waals surface area contributed by atoms with Crippen LogP contribution in [0.3, 0.4) is 0 Å². The molecule has 0 bridgehead atoms. The maximum Gasteiger partial charge on any atom is -0.0171 e. The molecule has 0 saturated carbocycles. The molecule has 0 unspecified atom stereocenters. The van der Waals surface area contributed by atoms with E-state index in [1.807, 2.05) is 0 Å². The van der Waals surface area contributed by atoms with E-state index in [2.05, 4.69) is 84.9 Å². The van der Waals surface area contributed by atoms with Crippen molar-refractivity contribution in [3.63, 3.8) is 0 Å². The molecule has 0 aliphatic carbocycles. The van der Waals surface area contributed by atoms with Gasteiger partial charge in [-0.05, 0) is 125 Å². The van der Waals surface area contributed by atoms with Crippen molar-refractivity contribution in [2.75, 3.05) is 0 Å². The van der Waals surface area contributed by atoms with Gasteiger partial charge < -0.3 is 0 Å². The lowest BCUT2D eigenvalue weighted by atomic mass is 9.97. The summed E-state index contributed by atoms with van der Waals surface area (Å²) in [6, 6.07) is 32.4. The Hall–Kier alpha value is -3.38. The van der Waals surface area contributed by atoms with Crippen molar-refractivity contribution in [1.82, 2.24) is 0 Å². The predicted octanol–water partition coefficient (Wildman–Crippen LogP) is 7.48. The monoisotopic (exact) mass is 326 g/mol. The molecule has 0 nitrogen and oxygen atoms in total. The van der Waals surface area contributed by atoms with E-state index in [9.17, 15) is 0 Å². The van der Waals surface area contributed by atoms with Crippen LogP contribution in [0.25, 0.3) is 64.6 Å². The first kappa shape index (κ1) is 12.9. The lowest BCUT2D eigenvalue weighted by Gasteiger charge is -2.07. The number of fused-ring (bicyclic) bond motifs is 6. The van der Waals surface area contributed by atoms with Crippen molar-refractivity contribution in [1.29, 1.82) is 0 Å². The number of rotatable bonds is 0. The van der Waals surface area contributed by atoms with Gasteiger partial charge in [0, 0.05) is 0 Å². The van der Waals surface area contributed by atoms with Crippen LogP contribution >= 0.6 is 0 Å². The fraction of sp³-hybridized carbons (Fsp3) is 0. The molecule has 0 aliphatic heterocycles. The van der Waals surface area contributed by atoms with Gasteiger partial charge in [0.1, 0.15) is 0 Å². The second-order valence-electron chi connectivity index (χ2n) is 7.57. The molecule has 26 heavy (non-hydrogen) atoms. The molecule has 0 atom stereocenters. The van der Waals surface area contributed by atoms with Crippen molar-refractivity contribution in [2.24, 2.45) is 0 Å². The highest BCUT2D eigenvalue weighted by Gasteiger charge is 2.06. The topological polar surface area (TPSA) is 0 Å². The third kappa shape index (κ3) is 1.59. The first-order valence-electron chi connectivity index (χ1n) is 9.09. The highest BCUT2D eigenvalue weighted by atomic mass is 14.1. The van der Waals surface area contributed by atoms with Crippen LogP contribution in [-0.2, 0) is 0 Å². The van der Waals surface area contributed by atoms with Crippen LogP contribution in [0.5, 0.6) is 0 Å². The molecule has 0 amide bonds. The van der Waals surface area contributed by atoms with Gasteiger partial charge in [-0.3, -0.25) is 0 Å². The number of benzene rings is 5. The highest BCUT2D eigenvalue weighted by molar-refractivity contribution is 6.12. The molecular formula is C26H14. The summed E-state index contributed by atoms with van der Waals surface area (Å²) in [5.74, 6) is 0. The van der Waals surface area contributed by atoms with E-state index >= 15 is 0 Å². The Morgan fingerprint density at radius 1 is 0.192 bits per heavy atom. The van der Waals surface area contributed by atoms with E-state index in [0.29, 0.717) is 0 Å². The van der Waals surface area contributed by atoms with Gasteiger partial charge >= 0.3 is 0 Å². The van der Waals surface area contributed by atoms with E-state index in [-0.39, 0.29) is 0 Å². The Labute approximate surface area is 149 Å². The molecule has 0 spiro atoms. The molecule has 118 valence electrons. The second-order valence-corrected chi connectivity index (χ2v) is 7.57. The normalized spacial score (nSPS) is 12.6. The van der Waals surface area contributed by atoms with Crippen molar-refractivity contribution in [2.45, 2.75) is 0 Å². The first-order chi connectivity index (χ1) is 12.8. The zero-order chi connectivity index (χ0) is 16.8. The SMILES string of the molecule is c1cc2cc3cc4cc5cc6cc1c1ccc2cc3cc4cc5cc6c1. The molecule has 0 aliphatic rings. The zero-order valence-electron chi connectivity index (χ0n) is 14.1. The molecule has 0 radical (unpaired) electrons. The molecule has 0 aromatic heterocycles. The van der Waals surface area contributed by atoms with E-state index in [0.717, 1.165) is 0 Å². The van der Waals surface area contributed by atoms with Crippen molar-refractivity contribution >= 4 is 64.6 Å².